The van der Waals surface area contributed by atoms with E-state index in [0.29, 0.717) is 4.57 Å². The zero-order chi connectivity index (χ0) is 14.2. The highest BCUT2D eigenvalue weighted by Gasteiger charge is 2.37. The molecule has 1 aromatic heterocycles. The molecule has 0 radical (unpaired) electrons. The van der Waals surface area contributed by atoms with E-state index in [2.05, 4.69) is 4.98 Å². The van der Waals surface area contributed by atoms with E-state index in [-0.39, 0.29) is 11.0 Å². The van der Waals surface area contributed by atoms with Gasteiger partial charge in [0.15, 0.2) is 0 Å². The Morgan fingerprint density at radius 1 is 1.32 bits per heavy atom. The molecule has 1 heterocycles. The summed E-state index contributed by atoms with van der Waals surface area (Å²) in [6, 6.07) is 5.55. The van der Waals surface area contributed by atoms with E-state index in [1.165, 1.54) is 24.3 Å². The average Bonchev–Trinajstić information content (AvgIpc) is 2.30. The minimum atomic E-state index is -4.93. The van der Waals surface area contributed by atoms with Crippen LogP contribution in [0.15, 0.2) is 29.1 Å². The lowest BCUT2D eigenvalue weighted by Gasteiger charge is -2.11. The van der Waals surface area contributed by atoms with Crippen molar-refractivity contribution in [1.29, 1.82) is 0 Å². The zero-order valence-corrected chi connectivity index (χ0v) is 9.31. The van der Waals surface area contributed by atoms with Crippen molar-refractivity contribution in [3.8, 4) is 0 Å². The second-order valence-electron chi connectivity index (χ2n) is 3.73. The molecule has 0 aliphatic carbocycles. The average molecular weight is 272 g/mol. The Morgan fingerprint density at radius 2 is 1.95 bits per heavy atom. The minimum absolute atomic E-state index is 0.0444. The number of carboxylic acid groups (broad SMARTS) is 1. The highest BCUT2D eigenvalue weighted by Crippen LogP contribution is 2.26. The number of alkyl halides is 3. The lowest BCUT2D eigenvalue weighted by atomic mass is 10.2. The Hall–Kier alpha value is -2.38. The zero-order valence-electron chi connectivity index (χ0n) is 9.31. The highest BCUT2D eigenvalue weighted by atomic mass is 19.4. The molecule has 1 N–H and O–H groups in total. The van der Waals surface area contributed by atoms with E-state index < -0.39 is 29.9 Å². The summed E-state index contributed by atoms with van der Waals surface area (Å²) < 4.78 is 38.6. The molecule has 100 valence electrons. The molecule has 0 aliphatic rings. The van der Waals surface area contributed by atoms with Gasteiger partial charge < -0.3 is 5.11 Å². The molecule has 2 aromatic rings. The summed E-state index contributed by atoms with van der Waals surface area (Å²) in [7, 11) is 0. The number of carbonyl (C=O) groups is 1. The van der Waals surface area contributed by atoms with Crippen molar-refractivity contribution < 1.29 is 23.1 Å². The number of carboxylic acids is 1. The van der Waals surface area contributed by atoms with Gasteiger partial charge in [-0.05, 0) is 12.1 Å². The molecule has 0 saturated heterocycles. The maximum Gasteiger partial charge on any atom is 0.438 e. The van der Waals surface area contributed by atoms with Gasteiger partial charge in [0.25, 0.3) is 5.56 Å². The smallest absolute Gasteiger partial charge is 0.438 e. The van der Waals surface area contributed by atoms with Crippen LogP contribution in [0, 0.1) is 0 Å². The number of halogens is 3. The second-order valence-corrected chi connectivity index (χ2v) is 3.73. The first-order valence-corrected chi connectivity index (χ1v) is 5.09. The predicted octanol–water partition coefficient (Wildman–Crippen LogP) is 1.50. The van der Waals surface area contributed by atoms with Gasteiger partial charge in [-0.25, -0.2) is 4.98 Å². The molecule has 8 heteroatoms. The van der Waals surface area contributed by atoms with Crippen LogP contribution >= 0.6 is 0 Å². The molecule has 0 aliphatic heterocycles. The molecular formula is C11H7F3N2O3. The van der Waals surface area contributed by atoms with Crippen LogP contribution in [0.25, 0.3) is 11.0 Å². The maximum atomic E-state index is 12.7. The van der Waals surface area contributed by atoms with E-state index in [9.17, 15) is 22.8 Å². The highest BCUT2D eigenvalue weighted by molar-refractivity contribution is 5.77. The van der Waals surface area contributed by atoms with Crippen molar-refractivity contribution in [3.05, 3.63) is 40.3 Å². The third kappa shape index (κ3) is 2.42. The lowest BCUT2D eigenvalue weighted by molar-refractivity contribution is -0.143. The number of fused-ring (bicyclic) bond motifs is 1. The summed E-state index contributed by atoms with van der Waals surface area (Å²) >= 11 is 0. The van der Waals surface area contributed by atoms with Crippen LogP contribution in [-0.2, 0) is 17.5 Å². The summed E-state index contributed by atoms with van der Waals surface area (Å²) in [5.74, 6) is -1.41. The van der Waals surface area contributed by atoms with E-state index >= 15 is 0 Å². The molecule has 2 rings (SSSR count). The van der Waals surface area contributed by atoms with Gasteiger partial charge >= 0.3 is 12.1 Å². The van der Waals surface area contributed by atoms with Crippen molar-refractivity contribution in [2.75, 3.05) is 0 Å². The third-order valence-electron chi connectivity index (χ3n) is 2.41. The van der Waals surface area contributed by atoms with Crippen molar-refractivity contribution in [3.63, 3.8) is 0 Å². The van der Waals surface area contributed by atoms with Gasteiger partial charge in [0, 0.05) is 0 Å². The van der Waals surface area contributed by atoms with Gasteiger partial charge in [-0.2, -0.15) is 13.2 Å². The molecule has 5 nitrogen and oxygen atoms in total. The van der Waals surface area contributed by atoms with Gasteiger partial charge in [0.1, 0.15) is 6.54 Å². The van der Waals surface area contributed by atoms with Crippen LogP contribution in [0.2, 0.25) is 0 Å². The van der Waals surface area contributed by atoms with Crippen LogP contribution in [-0.4, -0.2) is 20.6 Å². The summed E-state index contributed by atoms with van der Waals surface area (Å²) in [4.78, 5) is 25.6. The Morgan fingerprint density at radius 3 is 2.53 bits per heavy atom. The number of hydrogen-bond acceptors (Lipinski definition) is 3. The summed E-state index contributed by atoms with van der Waals surface area (Å²) in [6.07, 6.45) is -4.93. The second kappa shape index (κ2) is 4.38. The lowest BCUT2D eigenvalue weighted by Crippen LogP contribution is -2.32. The number of benzene rings is 1. The Bertz CT molecular complexity index is 706. The Balaban J connectivity index is 2.85. The molecule has 0 spiro atoms. The standard InChI is InChI=1S/C11H7F3N2O3/c12-11(13,14)9-10(19)16(5-8(17)18)7-4-2-1-3-6(7)15-9/h1-4H,5H2,(H,17,18). The first-order chi connectivity index (χ1) is 8.80. The molecule has 0 amide bonds. The van der Waals surface area contributed by atoms with E-state index in [1.807, 2.05) is 0 Å². The van der Waals surface area contributed by atoms with Crippen LogP contribution in [0.4, 0.5) is 13.2 Å². The van der Waals surface area contributed by atoms with Crippen LogP contribution in [0.3, 0.4) is 0 Å². The number of para-hydroxylation sites is 2. The summed E-state index contributed by atoms with van der Waals surface area (Å²) in [6.45, 7) is -0.856. The van der Waals surface area contributed by atoms with Crippen molar-refractivity contribution in [2.45, 2.75) is 12.7 Å². The molecule has 0 fully saturated rings. The van der Waals surface area contributed by atoms with Crippen LogP contribution in [0.5, 0.6) is 0 Å². The number of hydrogen-bond donors (Lipinski definition) is 1. The fourth-order valence-electron chi connectivity index (χ4n) is 1.67. The number of aromatic nitrogens is 2. The van der Waals surface area contributed by atoms with Gasteiger partial charge in [-0.3, -0.25) is 14.2 Å². The normalized spacial score (nSPS) is 11.7. The van der Waals surface area contributed by atoms with E-state index in [4.69, 9.17) is 5.11 Å². The first kappa shape index (κ1) is 13.1. The molecule has 0 bridgehead atoms. The molecule has 19 heavy (non-hydrogen) atoms. The molecule has 0 atom stereocenters. The number of aliphatic carboxylic acids is 1. The molecule has 0 unspecified atom stereocenters. The maximum absolute atomic E-state index is 12.7. The topological polar surface area (TPSA) is 72.2 Å². The summed E-state index contributed by atoms with van der Waals surface area (Å²) in [5.41, 5.74) is -3.13. The predicted molar refractivity (Wildman–Crippen MR) is 58.6 cm³/mol. The SMILES string of the molecule is O=C(O)Cn1c(=O)c(C(F)(F)F)nc2ccccc21. The molecule has 1 aromatic carbocycles. The number of rotatable bonds is 2. The first-order valence-electron chi connectivity index (χ1n) is 5.09. The van der Waals surface area contributed by atoms with Gasteiger partial charge in [-0.15, -0.1) is 0 Å². The van der Waals surface area contributed by atoms with Gasteiger partial charge in [-0.1, -0.05) is 12.1 Å². The Labute approximate surface area is 103 Å². The van der Waals surface area contributed by atoms with Crippen molar-refractivity contribution >= 4 is 17.0 Å². The van der Waals surface area contributed by atoms with Crippen molar-refractivity contribution in [2.24, 2.45) is 0 Å². The Kier molecular flexibility index (Phi) is 3.01. The third-order valence-corrected chi connectivity index (χ3v) is 2.41. The molecule has 0 saturated carbocycles. The minimum Gasteiger partial charge on any atom is -0.480 e. The largest absolute Gasteiger partial charge is 0.480 e. The van der Waals surface area contributed by atoms with Crippen LogP contribution in [0.1, 0.15) is 5.69 Å². The number of nitrogens with zero attached hydrogens (tertiary/aromatic N) is 2. The monoisotopic (exact) mass is 272 g/mol. The molecular weight excluding hydrogens is 265 g/mol. The summed E-state index contributed by atoms with van der Waals surface area (Å²) in [5, 5.41) is 8.68. The van der Waals surface area contributed by atoms with Crippen LogP contribution < -0.4 is 5.56 Å². The van der Waals surface area contributed by atoms with Gasteiger partial charge in [0.2, 0.25) is 5.69 Å². The quantitative estimate of drug-likeness (QED) is 0.899. The fourth-order valence-corrected chi connectivity index (χ4v) is 1.67. The fraction of sp³-hybridized carbons (Fsp3) is 0.182. The van der Waals surface area contributed by atoms with Crippen molar-refractivity contribution in [1.82, 2.24) is 9.55 Å². The van der Waals surface area contributed by atoms with E-state index in [0.717, 1.165) is 0 Å². The van der Waals surface area contributed by atoms with Gasteiger partial charge in [0.05, 0.1) is 11.0 Å². The van der Waals surface area contributed by atoms with E-state index in [1.54, 1.807) is 0 Å².